The standard InChI is InChI=1S/C9H10N4O/c1-2-3-10-7-9(14)13-8-6-11-4-5-12-8/h1,4-6,10H,3,7H2,(H,12,13,14). The Morgan fingerprint density at radius 1 is 1.57 bits per heavy atom. The van der Waals surface area contributed by atoms with Gasteiger partial charge in [0.15, 0.2) is 5.82 Å². The largest absolute Gasteiger partial charge is 0.308 e. The summed E-state index contributed by atoms with van der Waals surface area (Å²) in [5.41, 5.74) is 0. The number of amides is 1. The van der Waals surface area contributed by atoms with Crippen molar-refractivity contribution in [2.45, 2.75) is 0 Å². The topological polar surface area (TPSA) is 66.9 Å². The molecule has 0 aromatic carbocycles. The Hall–Kier alpha value is -1.93. The summed E-state index contributed by atoms with van der Waals surface area (Å²) in [5, 5.41) is 5.32. The smallest absolute Gasteiger partial charge is 0.239 e. The Kier molecular flexibility index (Phi) is 4.11. The molecule has 1 aromatic heterocycles. The van der Waals surface area contributed by atoms with Gasteiger partial charge in [0, 0.05) is 12.4 Å². The van der Waals surface area contributed by atoms with Gasteiger partial charge in [0.1, 0.15) is 0 Å². The average molecular weight is 190 g/mol. The molecule has 2 N–H and O–H groups in total. The molecule has 0 aliphatic heterocycles. The second-order valence-corrected chi connectivity index (χ2v) is 2.45. The second-order valence-electron chi connectivity index (χ2n) is 2.45. The number of hydrogen-bond donors (Lipinski definition) is 2. The lowest BCUT2D eigenvalue weighted by Gasteiger charge is -2.02. The molecular formula is C9H10N4O. The Balaban J connectivity index is 2.32. The molecule has 14 heavy (non-hydrogen) atoms. The molecule has 5 heteroatoms. The Bertz CT molecular complexity index is 330. The molecule has 1 heterocycles. The van der Waals surface area contributed by atoms with E-state index in [1.54, 1.807) is 0 Å². The molecule has 0 bridgehead atoms. The number of carbonyl (C=O) groups is 1. The van der Waals surface area contributed by atoms with Crippen LogP contribution in [0.15, 0.2) is 18.6 Å². The number of anilines is 1. The lowest BCUT2D eigenvalue weighted by Crippen LogP contribution is -2.28. The molecule has 1 aromatic rings. The first-order valence-electron chi connectivity index (χ1n) is 4.03. The molecule has 0 atom stereocenters. The quantitative estimate of drug-likeness (QED) is 0.502. The highest BCUT2D eigenvalue weighted by molar-refractivity contribution is 5.91. The minimum Gasteiger partial charge on any atom is -0.308 e. The predicted molar refractivity (Wildman–Crippen MR) is 52.4 cm³/mol. The third-order valence-electron chi connectivity index (χ3n) is 1.34. The molecule has 0 saturated carbocycles. The second kappa shape index (κ2) is 5.67. The monoisotopic (exact) mass is 190 g/mol. The summed E-state index contributed by atoms with van der Waals surface area (Å²) < 4.78 is 0. The van der Waals surface area contributed by atoms with E-state index < -0.39 is 0 Å². The van der Waals surface area contributed by atoms with E-state index in [9.17, 15) is 4.79 Å². The van der Waals surface area contributed by atoms with Crippen LogP contribution in [0.25, 0.3) is 0 Å². The van der Waals surface area contributed by atoms with Gasteiger partial charge in [-0.15, -0.1) is 6.42 Å². The predicted octanol–water partition coefficient (Wildman–Crippen LogP) is -0.362. The maximum absolute atomic E-state index is 11.2. The highest BCUT2D eigenvalue weighted by atomic mass is 16.1. The van der Waals surface area contributed by atoms with E-state index in [4.69, 9.17) is 6.42 Å². The summed E-state index contributed by atoms with van der Waals surface area (Å²) >= 11 is 0. The molecule has 0 aliphatic carbocycles. The molecule has 0 radical (unpaired) electrons. The van der Waals surface area contributed by atoms with Gasteiger partial charge in [-0.2, -0.15) is 0 Å². The van der Waals surface area contributed by atoms with Crippen LogP contribution >= 0.6 is 0 Å². The van der Waals surface area contributed by atoms with Crippen LogP contribution in [0.5, 0.6) is 0 Å². The molecule has 72 valence electrons. The van der Waals surface area contributed by atoms with Crippen molar-refractivity contribution in [3.05, 3.63) is 18.6 Å². The summed E-state index contributed by atoms with van der Waals surface area (Å²) in [6.45, 7) is 0.536. The summed E-state index contributed by atoms with van der Waals surface area (Å²) in [4.78, 5) is 18.9. The van der Waals surface area contributed by atoms with Crippen LogP contribution in [0.4, 0.5) is 5.82 Å². The SMILES string of the molecule is C#CCNCC(=O)Nc1cnccn1. The maximum Gasteiger partial charge on any atom is 0.239 e. The van der Waals surface area contributed by atoms with Gasteiger partial charge < -0.3 is 5.32 Å². The van der Waals surface area contributed by atoms with Crippen molar-refractivity contribution < 1.29 is 4.79 Å². The van der Waals surface area contributed by atoms with Crippen LogP contribution in [0, 0.1) is 12.3 Å². The lowest BCUT2D eigenvalue weighted by molar-refractivity contribution is -0.115. The summed E-state index contributed by atoms with van der Waals surface area (Å²) in [7, 11) is 0. The van der Waals surface area contributed by atoms with Crippen molar-refractivity contribution in [1.82, 2.24) is 15.3 Å². The number of nitrogens with zero attached hydrogens (tertiary/aromatic N) is 2. The highest BCUT2D eigenvalue weighted by Crippen LogP contribution is 1.95. The number of terminal acetylenes is 1. The van der Waals surface area contributed by atoms with E-state index in [2.05, 4.69) is 26.5 Å². The first kappa shape index (κ1) is 10.2. The van der Waals surface area contributed by atoms with Gasteiger partial charge in [-0.25, -0.2) is 4.98 Å². The number of hydrogen-bond acceptors (Lipinski definition) is 4. The Labute approximate surface area is 82.0 Å². The van der Waals surface area contributed by atoms with E-state index in [-0.39, 0.29) is 12.5 Å². The molecule has 5 nitrogen and oxygen atoms in total. The van der Waals surface area contributed by atoms with Gasteiger partial charge in [-0.1, -0.05) is 5.92 Å². The minimum absolute atomic E-state index is 0.167. The summed E-state index contributed by atoms with van der Waals surface area (Å²) in [5.74, 6) is 2.60. The summed E-state index contributed by atoms with van der Waals surface area (Å²) in [6, 6.07) is 0. The van der Waals surface area contributed by atoms with Crippen LogP contribution in [0.1, 0.15) is 0 Å². The van der Waals surface area contributed by atoms with E-state index >= 15 is 0 Å². The number of carbonyl (C=O) groups excluding carboxylic acids is 1. The zero-order valence-corrected chi connectivity index (χ0v) is 7.53. The summed E-state index contributed by atoms with van der Waals surface area (Å²) in [6.07, 6.45) is 9.51. The van der Waals surface area contributed by atoms with Crippen molar-refractivity contribution >= 4 is 11.7 Å². The van der Waals surface area contributed by atoms with E-state index in [1.165, 1.54) is 18.6 Å². The molecule has 0 spiro atoms. The molecule has 1 rings (SSSR count). The first-order valence-corrected chi connectivity index (χ1v) is 4.03. The molecule has 1 amide bonds. The zero-order valence-electron chi connectivity index (χ0n) is 7.53. The van der Waals surface area contributed by atoms with Crippen molar-refractivity contribution in [1.29, 1.82) is 0 Å². The van der Waals surface area contributed by atoms with Gasteiger partial charge >= 0.3 is 0 Å². The van der Waals surface area contributed by atoms with E-state index in [0.29, 0.717) is 12.4 Å². The van der Waals surface area contributed by atoms with Gasteiger partial charge in [-0.05, 0) is 0 Å². The third kappa shape index (κ3) is 3.65. The van der Waals surface area contributed by atoms with Crippen LogP contribution in [-0.2, 0) is 4.79 Å². The van der Waals surface area contributed by atoms with Crippen molar-refractivity contribution in [3.8, 4) is 12.3 Å². The molecule has 0 unspecified atom stereocenters. The van der Waals surface area contributed by atoms with Crippen LogP contribution in [-0.4, -0.2) is 29.0 Å². The average Bonchev–Trinajstić information content (AvgIpc) is 2.20. The van der Waals surface area contributed by atoms with Crippen LogP contribution in [0.2, 0.25) is 0 Å². The van der Waals surface area contributed by atoms with Crippen LogP contribution in [0.3, 0.4) is 0 Å². The Morgan fingerprint density at radius 2 is 2.43 bits per heavy atom. The van der Waals surface area contributed by atoms with E-state index in [0.717, 1.165) is 0 Å². The van der Waals surface area contributed by atoms with Gasteiger partial charge in [-0.3, -0.25) is 15.1 Å². The van der Waals surface area contributed by atoms with Crippen LogP contribution < -0.4 is 10.6 Å². The molecule has 0 aliphatic rings. The Morgan fingerprint density at radius 3 is 3.07 bits per heavy atom. The number of rotatable bonds is 4. The van der Waals surface area contributed by atoms with Crippen molar-refractivity contribution in [3.63, 3.8) is 0 Å². The van der Waals surface area contributed by atoms with E-state index in [1.807, 2.05) is 0 Å². The van der Waals surface area contributed by atoms with Gasteiger partial charge in [0.05, 0.1) is 19.3 Å². The molecule has 0 saturated heterocycles. The number of aromatic nitrogens is 2. The highest BCUT2D eigenvalue weighted by Gasteiger charge is 2.00. The fourth-order valence-electron chi connectivity index (χ4n) is 0.799. The third-order valence-corrected chi connectivity index (χ3v) is 1.34. The fourth-order valence-corrected chi connectivity index (χ4v) is 0.799. The maximum atomic E-state index is 11.2. The minimum atomic E-state index is -0.194. The van der Waals surface area contributed by atoms with Crippen molar-refractivity contribution in [2.75, 3.05) is 18.4 Å². The molecule has 0 fully saturated rings. The van der Waals surface area contributed by atoms with Gasteiger partial charge in [0.2, 0.25) is 5.91 Å². The number of nitrogens with one attached hydrogen (secondary N) is 2. The fraction of sp³-hybridized carbons (Fsp3) is 0.222. The zero-order chi connectivity index (χ0) is 10.2. The normalized spacial score (nSPS) is 9.07. The first-order chi connectivity index (χ1) is 6.83. The van der Waals surface area contributed by atoms with Crippen molar-refractivity contribution in [2.24, 2.45) is 0 Å². The molecular weight excluding hydrogens is 180 g/mol. The lowest BCUT2D eigenvalue weighted by atomic mass is 10.5. The van der Waals surface area contributed by atoms with Gasteiger partial charge in [0.25, 0.3) is 0 Å².